The van der Waals surface area contributed by atoms with Crippen molar-refractivity contribution in [1.29, 1.82) is 0 Å². The number of aromatic nitrogens is 1. The highest BCUT2D eigenvalue weighted by Gasteiger charge is 2.08. The van der Waals surface area contributed by atoms with E-state index in [0.717, 1.165) is 21.3 Å². The molecule has 0 aliphatic heterocycles. The van der Waals surface area contributed by atoms with Crippen molar-refractivity contribution in [3.05, 3.63) is 57.8 Å². The maximum atomic E-state index is 5.97. The first kappa shape index (κ1) is 14.2. The van der Waals surface area contributed by atoms with Crippen molar-refractivity contribution in [3.63, 3.8) is 0 Å². The van der Waals surface area contributed by atoms with E-state index in [2.05, 4.69) is 22.6 Å². The molecule has 0 bridgehead atoms. The molecule has 3 rings (SSSR count). The molecule has 2 aromatic heterocycles. The van der Waals surface area contributed by atoms with Crippen LogP contribution in [-0.2, 0) is 0 Å². The zero-order valence-electron chi connectivity index (χ0n) is 11.8. The summed E-state index contributed by atoms with van der Waals surface area (Å²) in [5.41, 5.74) is 4.16. The average molecular weight is 319 g/mol. The molecule has 5 heteroatoms. The molecule has 108 valence electrons. The quantitative estimate of drug-likeness (QED) is 0.686. The minimum Gasteiger partial charge on any atom is -0.449 e. The normalized spacial score (nSPS) is 12.3. The van der Waals surface area contributed by atoms with Crippen LogP contribution in [0.1, 0.15) is 24.4 Å². The fourth-order valence-corrected chi connectivity index (χ4v) is 3.10. The smallest absolute Gasteiger partial charge is 0.191 e. The van der Waals surface area contributed by atoms with Crippen molar-refractivity contribution in [2.45, 2.75) is 19.9 Å². The van der Waals surface area contributed by atoms with Crippen LogP contribution in [0.3, 0.4) is 0 Å². The molecule has 1 aromatic carbocycles. The number of thiophene rings is 1. The summed E-state index contributed by atoms with van der Waals surface area (Å²) in [5.74, 6) is 0.676. The van der Waals surface area contributed by atoms with E-state index in [0.29, 0.717) is 5.89 Å². The van der Waals surface area contributed by atoms with Crippen LogP contribution in [0.2, 0.25) is 4.34 Å². The van der Waals surface area contributed by atoms with E-state index < -0.39 is 0 Å². The third kappa shape index (κ3) is 3.28. The summed E-state index contributed by atoms with van der Waals surface area (Å²) < 4.78 is 6.05. The lowest BCUT2D eigenvalue weighted by molar-refractivity contribution is 0.521. The van der Waals surface area contributed by atoms with Crippen LogP contribution < -0.4 is 5.32 Å². The first-order chi connectivity index (χ1) is 10.1. The van der Waals surface area contributed by atoms with Gasteiger partial charge in [0, 0.05) is 24.2 Å². The van der Waals surface area contributed by atoms with Crippen LogP contribution in [0.25, 0.3) is 11.3 Å². The van der Waals surface area contributed by atoms with E-state index in [4.69, 9.17) is 16.0 Å². The molecule has 0 radical (unpaired) electrons. The molecule has 21 heavy (non-hydrogen) atoms. The van der Waals surface area contributed by atoms with Crippen molar-refractivity contribution in [2.75, 3.05) is 5.32 Å². The van der Waals surface area contributed by atoms with Gasteiger partial charge in [-0.25, -0.2) is 4.98 Å². The van der Waals surface area contributed by atoms with E-state index in [-0.39, 0.29) is 6.04 Å². The summed E-state index contributed by atoms with van der Waals surface area (Å²) in [6.07, 6.45) is 1.67. The molecule has 2 heterocycles. The minimum absolute atomic E-state index is 0.217. The van der Waals surface area contributed by atoms with Crippen LogP contribution >= 0.6 is 22.9 Å². The summed E-state index contributed by atoms with van der Waals surface area (Å²) in [7, 11) is 0. The molecular formula is C16H15ClN2OS. The average Bonchev–Trinajstić information content (AvgIpc) is 3.08. The van der Waals surface area contributed by atoms with Crippen LogP contribution in [0.5, 0.6) is 0 Å². The molecular weight excluding hydrogens is 304 g/mol. The molecule has 0 saturated carbocycles. The Labute approximate surface area is 132 Å². The van der Waals surface area contributed by atoms with Gasteiger partial charge in [-0.2, -0.15) is 0 Å². The number of benzene rings is 1. The highest BCUT2D eigenvalue weighted by atomic mass is 35.5. The fourth-order valence-electron chi connectivity index (χ4n) is 2.12. The van der Waals surface area contributed by atoms with Gasteiger partial charge >= 0.3 is 0 Å². The molecule has 0 saturated heterocycles. The molecule has 0 fully saturated rings. The molecule has 1 N–H and O–H groups in total. The van der Waals surface area contributed by atoms with Gasteiger partial charge in [-0.05, 0) is 36.1 Å². The van der Waals surface area contributed by atoms with E-state index >= 15 is 0 Å². The Morgan fingerprint density at radius 2 is 2.05 bits per heavy atom. The standard InChI is InChI=1S/C16H15ClN2OS/c1-10(13-7-16(17)21-9-13)18-14-5-3-12(4-6-14)15-8-20-11(2)19-15/h3-10,18H,1-2H3. The van der Waals surface area contributed by atoms with E-state index in [1.54, 1.807) is 17.6 Å². The number of anilines is 1. The number of halogens is 1. The highest BCUT2D eigenvalue weighted by molar-refractivity contribution is 7.14. The summed E-state index contributed by atoms with van der Waals surface area (Å²) in [4.78, 5) is 4.32. The Bertz CT molecular complexity index is 733. The Morgan fingerprint density at radius 3 is 2.62 bits per heavy atom. The monoisotopic (exact) mass is 318 g/mol. The number of hydrogen-bond acceptors (Lipinski definition) is 4. The van der Waals surface area contributed by atoms with Crippen molar-refractivity contribution in [1.82, 2.24) is 4.98 Å². The van der Waals surface area contributed by atoms with Gasteiger partial charge in [-0.3, -0.25) is 0 Å². The molecule has 0 spiro atoms. The Kier molecular flexibility index (Phi) is 3.99. The van der Waals surface area contributed by atoms with Gasteiger partial charge in [-0.1, -0.05) is 23.7 Å². The van der Waals surface area contributed by atoms with E-state index in [9.17, 15) is 0 Å². The topological polar surface area (TPSA) is 38.1 Å². The third-order valence-electron chi connectivity index (χ3n) is 3.27. The molecule has 0 aliphatic carbocycles. The first-order valence-corrected chi connectivity index (χ1v) is 7.90. The minimum atomic E-state index is 0.217. The van der Waals surface area contributed by atoms with Gasteiger partial charge < -0.3 is 9.73 Å². The molecule has 1 atom stereocenters. The SMILES string of the molecule is Cc1nc(-c2ccc(NC(C)c3csc(Cl)c3)cc2)co1. The van der Waals surface area contributed by atoms with Crippen molar-refractivity contribution in [2.24, 2.45) is 0 Å². The van der Waals surface area contributed by atoms with E-state index in [1.165, 1.54) is 5.56 Å². The Balaban J connectivity index is 1.72. The van der Waals surface area contributed by atoms with Gasteiger partial charge in [0.25, 0.3) is 0 Å². The molecule has 3 aromatic rings. The second kappa shape index (κ2) is 5.92. The van der Waals surface area contributed by atoms with Crippen LogP contribution in [-0.4, -0.2) is 4.98 Å². The molecule has 0 aliphatic rings. The lowest BCUT2D eigenvalue weighted by Crippen LogP contribution is -2.05. The maximum absolute atomic E-state index is 5.97. The van der Waals surface area contributed by atoms with Crippen LogP contribution in [0.15, 0.2) is 46.4 Å². The van der Waals surface area contributed by atoms with Gasteiger partial charge in [0.15, 0.2) is 5.89 Å². The van der Waals surface area contributed by atoms with Crippen molar-refractivity contribution >= 4 is 28.6 Å². The zero-order valence-corrected chi connectivity index (χ0v) is 13.3. The van der Waals surface area contributed by atoms with Gasteiger partial charge in [0.2, 0.25) is 0 Å². The number of hydrogen-bond donors (Lipinski definition) is 1. The predicted molar refractivity (Wildman–Crippen MR) is 88.0 cm³/mol. The third-order valence-corrected chi connectivity index (χ3v) is 4.38. The molecule has 0 amide bonds. The molecule has 3 nitrogen and oxygen atoms in total. The number of nitrogens with zero attached hydrogens (tertiary/aromatic N) is 1. The lowest BCUT2D eigenvalue weighted by atomic mass is 10.1. The number of aryl methyl sites for hydroxylation is 1. The first-order valence-electron chi connectivity index (χ1n) is 6.65. The van der Waals surface area contributed by atoms with Crippen molar-refractivity contribution < 1.29 is 4.42 Å². The van der Waals surface area contributed by atoms with Gasteiger partial charge in [-0.15, -0.1) is 11.3 Å². The fraction of sp³-hybridized carbons (Fsp3) is 0.188. The van der Waals surface area contributed by atoms with Gasteiger partial charge in [0.05, 0.1) is 4.34 Å². The number of nitrogens with one attached hydrogen (secondary N) is 1. The predicted octanol–water partition coefficient (Wildman–Crippen LogP) is 5.54. The Hall–Kier alpha value is -1.78. The Morgan fingerprint density at radius 1 is 1.29 bits per heavy atom. The lowest BCUT2D eigenvalue weighted by Gasteiger charge is -2.14. The zero-order chi connectivity index (χ0) is 14.8. The summed E-state index contributed by atoms with van der Waals surface area (Å²) in [6, 6.07) is 10.4. The summed E-state index contributed by atoms with van der Waals surface area (Å²) in [5, 5.41) is 5.54. The second-order valence-electron chi connectivity index (χ2n) is 4.88. The van der Waals surface area contributed by atoms with Crippen LogP contribution in [0.4, 0.5) is 5.69 Å². The summed E-state index contributed by atoms with van der Waals surface area (Å²) in [6.45, 7) is 3.96. The number of rotatable bonds is 4. The second-order valence-corrected chi connectivity index (χ2v) is 6.42. The largest absolute Gasteiger partial charge is 0.449 e. The number of oxazole rings is 1. The highest BCUT2D eigenvalue weighted by Crippen LogP contribution is 2.28. The maximum Gasteiger partial charge on any atom is 0.191 e. The van der Waals surface area contributed by atoms with Crippen LogP contribution in [0, 0.1) is 6.92 Å². The van der Waals surface area contributed by atoms with Gasteiger partial charge in [0.1, 0.15) is 12.0 Å². The van der Waals surface area contributed by atoms with Crippen molar-refractivity contribution in [3.8, 4) is 11.3 Å². The molecule has 1 unspecified atom stereocenters. The van der Waals surface area contributed by atoms with E-state index in [1.807, 2.05) is 37.3 Å². The summed E-state index contributed by atoms with van der Waals surface area (Å²) >= 11 is 7.53.